The third kappa shape index (κ3) is 4.13. The van der Waals surface area contributed by atoms with Crippen LogP contribution < -0.4 is 11.2 Å². The van der Waals surface area contributed by atoms with Crippen molar-refractivity contribution in [3.63, 3.8) is 0 Å². The van der Waals surface area contributed by atoms with E-state index >= 15 is 0 Å². The first kappa shape index (κ1) is 16.1. The van der Waals surface area contributed by atoms with Crippen LogP contribution in [0.4, 0.5) is 13.2 Å². The van der Waals surface area contributed by atoms with Crippen LogP contribution in [0.25, 0.3) is 0 Å². The number of rotatable bonds is 5. The monoisotopic (exact) mass is 331 g/mol. The SMILES string of the molecule is Nn1c(SCC(=O)NCc2ccccc2)nnc1C(F)(F)F. The molecule has 3 N–H and O–H groups in total. The van der Waals surface area contributed by atoms with Crippen molar-refractivity contribution in [1.82, 2.24) is 20.2 Å². The van der Waals surface area contributed by atoms with Gasteiger partial charge in [0.15, 0.2) is 0 Å². The molecule has 0 aliphatic rings. The van der Waals surface area contributed by atoms with Crippen LogP contribution in [0.3, 0.4) is 0 Å². The molecule has 0 saturated carbocycles. The number of hydrogen-bond acceptors (Lipinski definition) is 5. The first-order chi connectivity index (χ1) is 10.4. The Bertz CT molecular complexity index is 644. The van der Waals surface area contributed by atoms with E-state index in [0.717, 1.165) is 17.3 Å². The number of carbonyl (C=O) groups excluding carboxylic acids is 1. The Morgan fingerprint density at radius 2 is 1.95 bits per heavy atom. The van der Waals surface area contributed by atoms with Gasteiger partial charge in [-0.05, 0) is 5.56 Å². The summed E-state index contributed by atoms with van der Waals surface area (Å²) in [5.41, 5.74) is 0.919. The Hall–Kier alpha value is -2.23. The van der Waals surface area contributed by atoms with E-state index in [1.54, 1.807) is 0 Å². The van der Waals surface area contributed by atoms with E-state index in [0.29, 0.717) is 11.2 Å². The van der Waals surface area contributed by atoms with Crippen molar-refractivity contribution in [2.45, 2.75) is 17.9 Å². The second-order valence-electron chi connectivity index (χ2n) is 4.22. The summed E-state index contributed by atoms with van der Waals surface area (Å²) in [6, 6.07) is 9.23. The van der Waals surface area contributed by atoms with Crippen LogP contribution in [0, 0.1) is 0 Å². The number of aromatic nitrogens is 3. The van der Waals surface area contributed by atoms with Crippen LogP contribution in [0.15, 0.2) is 35.5 Å². The van der Waals surface area contributed by atoms with Gasteiger partial charge in [0.05, 0.1) is 5.75 Å². The highest BCUT2D eigenvalue weighted by molar-refractivity contribution is 7.99. The molecule has 0 unspecified atom stereocenters. The molecule has 0 saturated heterocycles. The molecule has 1 aromatic carbocycles. The average Bonchev–Trinajstić information content (AvgIpc) is 2.85. The molecule has 10 heteroatoms. The molecule has 0 bridgehead atoms. The van der Waals surface area contributed by atoms with E-state index in [-0.39, 0.29) is 16.8 Å². The maximum Gasteiger partial charge on any atom is 0.453 e. The number of benzene rings is 1. The van der Waals surface area contributed by atoms with E-state index in [1.165, 1.54) is 0 Å². The molecular formula is C12H12F3N5OS. The lowest BCUT2D eigenvalue weighted by molar-refractivity contribution is -0.146. The molecule has 0 aliphatic carbocycles. The van der Waals surface area contributed by atoms with Crippen molar-refractivity contribution in [2.75, 3.05) is 11.6 Å². The normalized spacial score (nSPS) is 11.4. The number of nitrogens with two attached hydrogens (primary N) is 1. The third-order valence-corrected chi connectivity index (χ3v) is 3.53. The third-order valence-electron chi connectivity index (χ3n) is 2.58. The van der Waals surface area contributed by atoms with Crippen LogP contribution in [0.2, 0.25) is 0 Å². The summed E-state index contributed by atoms with van der Waals surface area (Å²) in [6.45, 7) is 0.337. The second-order valence-corrected chi connectivity index (χ2v) is 5.17. The first-order valence-electron chi connectivity index (χ1n) is 6.09. The van der Waals surface area contributed by atoms with E-state index in [1.807, 2.05) is 30.3 Å². The summed E-state index contributed by atoms with van der Waals surface area (Å²) >= 11 is 0.780. The van der Waals surface area contributed by atoms with E-state index < -0.39 is 12.0 Å². The highest BCUT2D eigenvalue weighted by atomic mass is 32.2. The average molecular weight is 331 g/mol. The second kappa shape index (κ2) is 6.69. The number of hydrogen-bond donors (Lipinski definition) is 2. The number of nitrogens with one attached hydrogen (secondary N) is 1. The zero-order valence-corrected chi connectivity index (χ0v) is 12.0. The lowest BCUT2D eigenvalue weighted by atomic mass is 10.2. The summed E-state index contributed by atoms with van der Waals surface area (Å²) in [4.78, 5) is 11.7. The molecule has 2 rings (SSSR count). The van der Waals surface area contributed by atoms with Gasteiger partial charge in [-0.25, -0.2) is 4.68 Å². The summed E-state index contributed by atoms with van der Waals surface area (Å²) < 4.78 is 37.8. The Morgan fingerprint density at radius 1 is 1.27 bits per heavy atom. The topological polar surface area (TPSA) is 85.8 Å². The van der Waals surface area contributed by atoms with Gasteiger partial charge in [0, 0.05) is 6.54 Å². The van der Waals surface area contributed by atoms with Crippen LogP contribution in [0.1, 0.15) is 11.4 Å². The minimum Gasteiger partial charge on any atom is -0.351 e. The molecule has 6 nitrogen and oxygen atoms in total. The number of alkyl halides is 3. The Morgan fingerprint density at radius 3 is 2.55 bits per heavy atom. The fourth-order valence-electron chi connectivity index (χ4n) is 1.55. The number of halogens is 3. The quantitative estimate of drug-likeness (QED) is 0.639. The zero-order chi connectivity index (χ0) is 16.2. The number of nitrogen functional groups attached to an aromatic ring is 1. The van der Waals surface area contributed by atoms with Gasteiger partial charge in [-0.15, -0.1) is 10.2 Å². The van der Waals surface area contributed by atoms with Gasteiger partial charge in [-0.2, -0.15) is 13.2 Å². The van der Waals surface area contributed by atoms with Gasteiger partial charge in [0.25, 0.3) is 5.82 Å². The van der Waals surface area contributed by atoms with Gasteiger partial charge >= 0.3 is 6.18 Å². The van der Waals surface area contributed by atoms with E-state index in [9.17, 15) is 18.0 Å². The zero-order valence-electron chi connectivity index (χ0n) is 11.2. The largest absolute Gasteiger partial charge is 0.453 e. The molecule has 0 aliphatic heterocycles. The fourth-order valence-corrected chi connectivity index (χ4v) is 2.23. The van der Waals surface area contributed by atoms with Gasteiger partial charge in [0.1, 0.15) is 0 Å². The molecule has 0 fully saturated rings. The van der Waals surface area contributed by atoms with E-state index in [2.05, 4.69) is 15.5 Å². The molecule has 0 radical (unpaired) electrons. The van der Waals surface area contributed by atoms with Gasteiger partial charge in [0.2, 0.25) is 11.1 Å². The van der Waals surface area contributed by atoms with Crippen molar-refractivity contribution in [1.29, 1.82) is 0 Å². The highest BCUT2D eigenvalue weighted by Crippen LogP contribution is 2.28. The lowest BCUT2D eigenvalue weighted by Crippen LogP contribution is -2.25. The fraction of sp³-hybridized carbons (Fsp3) is 0.250. The van der Waals surface area contributed by atoms with Crippen LogP contribution in [0.5, 0.6) is 0 Å². The van der Waals surface area contributed by atoms with Crippen molar-refractivity contribution in [3.8, 4) is 0 Å². The van der Waals surface area contributed by atoms with Crippen LogP contribution >= 0.6 is 11.8 Å². The van der Waals surface area contributed by atoms with Crippen molar-refractivity contribution < 1.29 is 18.0 Å². The number of thioether (sulfide) groups is 1. The maximum atomic E-state index is 12.5. The molecule has 22 heavy (non-hydrogen) atoms. The molecule has 1 aromatic heterocycles. The van der Waals surface area contributed by atoms with Crippen LogP contribution in [-0.4, -0.2) is 26.5 Å². The minimum atomic E-state index is -4.68. The summed E-state index contributed by atoms with van der Waals surface area (Å²) in [7, 11) is 0. The highest BCUT2D eigenvalue weighted by Gasteiger charge is 2.38. The molecule has 1 amide bonds. The first-order valence-corrected chi connectivity index (χ1v) is 7.07. The smallest absolute Gasteiger partial charge is 0.351 e. The molecule has 0 atom stereocenters. The van der Waals surface area contributed by atoms with Gasteiger partial charge < -0.3 is 11.2 Å². The number of amides is 1. The van der Waals surface area contributed by atoms with E-state index in [4.69, 9.17) is 5.84 Å². The maximum absolute atomic E-state index is 12.5. The molecule has 0 spiro atoms. The number of nitrogens with zero attached hydrogens (tertiary/aromatic N) is 3. The van der Waals surface area contributed by atoms with Crippen molar-refractivity contribution >= 4 is 17.7 Å². The van der Waals surface area contributed by atoms with Gasteiger partial charge in [-0.3, -0.25) is 4.79 Å². The summed E-state index contributed by atoms with van der Waals surface area (Å²) in [5, 5.41) is 8.76. The lowest BCUT2D eigenvalue weighted by Gasteiger charge is -2.06. The summed E-state index contributed by atoms with van der Waals surface area (Å²) in [5.74, 6) is 3.50. The predicted octanol–water partition coefficient (Wildman–Crippen LogP) is 1.42. The van der Waals surface area contributed by atoms with Crippen molar-refractivity contribution in [3.05, 3.63) is 41.7 Å². The minimum absolute atomic E-state index is 0.111. The molecule has 1 heterocycles. The standard InChI is InChI=1S/C12H12F3N5OS/c13-12(14,15)10-18-19-11(20(10)16)22-7-9(21)17-6-8-4-2-1-3-5-8/h1-5H,6-7,16H2,(H,17,21). The Kier molecular flexibility index (Phi) is 4.91. The van der Waals surface area contributed by atoms with Gasteiger partial charge in [-0.1, -0.05) is 42.1 Å². The molecule has 2 aromatic rings. The molecule has 118 valence electrons. The Labute approximate surface area is 127 Å². The van der Waals surface area contributed by atoms with Crippen LogP contribution in [-0.2, 0) is 17.5 Å². The van der Waals surface area contributed by atoms with Crippen molar-refractivity contribution in [2.24, 2.45) is 0 Å². The number of carbonyl (C=O) groups is 1. The Balaban J connectivity index is 1.85. The summed E-state index contributed by atoms with van der Waals surface area (Å²) in [6.07, 6.45) is -4.68. The predicted molar refractivity (Wildman–Crippen MR) is 74.2 cm³/mol. The molecular weight excluding hydrogens is 319 g/mol.